The second-order valence-electron chi connectivity index (χ2n) is 6.92. The summed E-state index contributed by atoms with van der Waals surface area (Å²) in [6.07, 6.45) is 2.38. The van der Waals surface area contributed by atoms with Gasteiger partial charge in [0.1, 0.15) is 23.9 Å². The van der Waals surface area contributed by atoms with E-state index in [9.17, 15) is 4.79 Å². The second-order valence-corrected chi connectivity index (χ2v) is 6.92. The Morgan fingerprint density at radius 3 is 2.72 bits per heavy atom. The van der Waals surface area contributed by atoms with E-state index in [2.05, 4.69) is 27.9 Å². The van der Waals surface area contributed by atoms with E-state index in [0.717, 1.165) is 22.6 Å². The fourth-order valence-corrected chi connectivity index (χ4v) is 3.31. The average molecular weight is 388 g/mol. The summed E-state index contributed by atoms with van der Waals surface area (Å²) < 4.78 is 8.08. The molecule has 0 radical (unpaired) electrons. The summed E-state index contributed by atoms with van der Waals surface area (Å²) in [7, 11) is 0. The van der Waals surface area contributed by atoms with Gasteiger partial charge >= 0.3 is 0 Å². The standard InChI is InChI=1S/C23H24N4O2/c1-17-8-10-18(11-9-17)29-16-15-27-21-7-3-2-5-19(21)26-22(27)12-14-25-23(28)20-6-4-13-24-20/h2-11,13,24H,12,14-16H2,1H3,(H,25,28). The summed E-state index contributed by atoms with van der Waals surface area (Å²) >= 11 is 0. The van der Waals surface area contributed by atoms with Crippen LogP contribution in [0.2, 0.25) is 0 Å². The number of ether oxygens (including phenoxy) is 1. The summed E-state index contributed by atoms with van der Waals surface area (Å²) in [5.41, 5.74) is 3.80. The number of imidazole rings is 1. The third-order valence-electron chi connectivity index (χ3n) is 4.81. The van der Waals surface area contributed by atoms with Gasteiger partial charge in [-0.25, -0.2) is 4.98 Å². The number of carbonyl (C=O) groups is 1. The molecule has 0 saturated heterocycles. The number of rotatable bonds is 8. The zero-order valence-corrected chi connectivity index (χ0v) is 16.4. The van der Waals surface area contributed by atoms with Gasteiger partial charge < -0.3 is 19.6 Å². The predicted molar refractivity (Wildman–Crippen MR) is 113 cm³/mol. The van der Waals surface area contributed by atoms with Gasteiger partial charge in [-0.1, -0.05) is 29.8 Å². The van der Waals surface area contributed by atoms with Crippen molar-refractivity contribution >= 4 is 16.9 Å². The molecule has 2 aromatic carbocycles. The summed E-state index contributed by atoms with van der Waals surface area (Å²) in [5, 5.41) is 2.94. The van der Waals surface area contributed by atoms with Crippen LogP contribution in [0.25, 0.3) is 11.0 Å². The maximum Gasteiger partial charge on any atom is 0.267 e. The lowest BCUT2D eigenvalue weighted by atomic mass is 10.2. The number of amides is 1. The number of fused-ring (bicyclic) bond motifs is 1. The van der Waals surface area contributed by atoms with Crippen molar-refractivity contribution in [2.75, 3.05) is 13.2 Å². The molecule has 6 nitrogen and oxygen atoms in total. The predicted octanol–water partition coefficient (Wildman–Crippen LogP) is 3.72. The zero-order chi connectivity index (χ0) is 20.1. The number of aromatic nitrogens is 3. The molecule has 0 unspecified atom stereocenters. The number of benzene rings is 2. The number of aryl methyl sites for hydroxylation is 1. The maximum atomic E-state index is 12.1. The van der Waals surface area contributed by atoms with E-state index >= 15 is 0 Å². The monoisotopic (exact) mass is 388 g/mol. The van der Waals surface area contributed by atoms with Crippen LogP contribution < -0.4 is 10.1 Å². The summed E-state index contributed by atoms with van der Waals surface area (Å²) in [6, 6.07) is 19.7. The molecule has 4 rings (SSSR count). The molecule has 0 bridgehead atoms. The first-order chi connectivity index (χ1) is 14.2. The smallest absolute Gasteiger partial charge is 0.267 e. The number of H-pyrrole nitrogens is 1. The minimum Gasteiger partial charge on any atom is -0.492 e. The fraction of sp³-hybridized carbons (Fsp3) is 0.217. The molecule has 0 aliphatic heterocycles. The molecule has 29 heavy (non-hydrogen) atoms. The van der Waals surface area contributed by atoms with Crippen LogP contribution in [0.5, 0.6) is 5.75 Å². The number of nitrogens with zero attached hydrogens (tertiary/aromatic N) is 2. The Kier molecular flexibility index (Phi) is 5.61. The van der Waals surface area contributed by atoms with Crippen LogP contribution in [-0.4, -0.2) is 33.6 Å². The lowest BCUT2D eigenvalue weighted by Crippen LogP contribution is -2.27. The Labute approximate surface area is 169 Å². The highest BCUT2D eigenvalue weighted by atomic mass is 16.5. The molecular weight excluding hydrogens is 364 g/mol. The lowest BCUT2D eigenvalue weighted by Gasteiger charge is -2.11. The zero-order valence-electron chi connectivity index (χ0n) is 16.4. The van der Waals surface area contributed by atoms with Crippen molar-refractivity contribution in [1.82, 2.24) is 19.9 Å². The Hall–Kier alpha value is -3.54. The van der Waals surface area contributed by atoms with Crippen molar-refractivity contribution in [2.24, 2.45) is 0 Å². The van der Waals surface area contributed by atoms with Gasteiger partial charge in [0, 0.05) is 19.2 Å². The number of para-hydroxylation sites is 2. The second kappa shape index (κ2) is 8.65. The van der Waals surface area contributed by atoms with Gasteiger partial charge in [0.25, 0.3) is 5.91 Å². The van der Waals surface area contributed by atoms with E-state index in [1.54, 1.807) is 12.3 Å². The lowest BCUT2D eigenvalue weighted by molar-refractivity contribution is 0.0949. The van der Waals surface area contributed by atoms with Crippen LogP contribution in [0.1, 0.15) is 21.9 Å². The van der Waals surface area contributed by atoms with Crippen molar-refractivity contribution in [1.29, 1.82) is 0 Å². The van der Waals surface area contributed by atoms with Gasteiger partial charge in [0.2, 0.25) is 0 Å². The van der Waals surface area contributed by atoms with Crippen molar-refractivity contribution in [2.45, 2.75) is 19.9 Å². The van der Waals surface area contributed by atoms with E-state index in [4.69, 9.17) is 9.72 Å². The molecule has 0 spiro atoms. The van der Waals surface area contributed by atoms with Crippen LogP contribution in [0.3, 0.4) is 0 Å². The van der Waals surface area contributed by atoms with Crippen LogP contribution in [0.15, 0.2) is 66.9 Å². The van der Waals surface area contributed by atoms with Crippen LogP contribution in [-0.2, 0) is 13.0 Å². The first-order valence-electron chi connectivity index (χ1n) is 9.76. The molecule has 1 amide bonds. The minimum absolute atomic E-state index is 0.111. The van der Waals surface area contributed by atoms with E-state index in [1.165, 1.54) is 5.56 Å². The van der Waals surface area contributed by atoms with Gasteiger partial charge in [0.05, 0.1) is 17.6 Å². The maximum absolute atomic E-state index is 12.1. The molecule has 0 fully saturated rings. The number of nitrogens with one attached hydrogen (secondary N) is 2. The number of aromatic amines is 1. The Balaban J connectivity index is 1.42. The first kappa shape index (κ1) is 18.8. The van der Waals surface area contributed by atoms with Gasteiger partial charge in [-0.3, -0.25) is 4.79 Å². The van der Waals surface area contributed by atoms with Crippen molar-refractivity contribution in [3.05, 3.63) is 83.9 Å². The quantitative estimate of drug-likeness (QED) is 0.483. The van der Waals surface area contributed by atoms with Crippen molar-refractivity contribution in [3.63, 3.8) is 0 Å². The van der Waals surface area contributed by atoms with E-state index in [0.29, 0.717) is 31.8 Å². The molecule has 0 aliphatic carbocycles. The molecule has 4 aromatic rings. The first-order valence-corrected chi connectivity index (χ1v) is 9.76. The summed E-state index contributed by atoms with van der Waals surface area (Å²) in [6.45, 7) is 3.81. The van der Waals surface area contributed by atoms with Gasteiger partial charge in [-0.2, -0.15) is 0 Å². The van der Waals surface area contributed by atoms with Crippen LogP contribution in [0.4, 0.5) is 0 Å². The molecule has 148 valence electrons. The molecule has 2 N–H and O–H groups in total. The third-order valence-corrected chi connectivity index (χ3v) is 4.81. The average Bonchev–Trinajstić information content (AvgIpc) is 3.38. The highest BCUT2D eigenvalue weighted by Crippen LogP contribution is 2.17. The van der Waals surface area contributed by atoms with Gasteiger partial charge in [-0.05, 0) is 43.3 Å². The van der Waals surface area contributed by atoms with Crippen LogP contribution >= 0.6 is 0 Å². The van der Waals surface area contributed by atoms with Gasteiger partial charge in [-0.15, -0.1) is 0 Å². The highest BCUT2D eigenvalue weighted by Gasteiger charge is 2.12. The Morgan fingerprint density at radius 1 is 1.10 bits per heavy atom. The fourth-order valence-electron chi connectivity index (χ4n) is 3.31. The van der Waals surface area contributed by atoms with Crippen molar-refractivity contribution < 1.29 is 9.53 Å². The van der Waals surface area contributed by atoms with E-state index in [1.807, 2.05) is 48.5 Å². The largest absolute Gasteiger partial charge is 0.492 e. The van der Waals surface area contributed by atoms with E-state index < -0.39 is 0 Å². The molecular formula is C23H24N4O2. The highest BCUT2D eigenvalue weighted by molar-refractivity contribution is 5.92. The van der Waals surface area contributed by atoms with Gasteiger partial charge in [0.15, 0.2) is 0 Å². The normalized spacial score (nSPS) is 10.9. The summed E-state index contributed by atoms with van der Waals surface area (Å²) in [4.78, 5) is 19.8. The molecule has 2 heterocycles. The molecule has 2 aromatic heterocycles. The third kappa shape index (κ3) is 4.48. The minimum atomic E-state index is -0.111. The molecule has 0 saturated carbocycles. The molecule has 6 heteroatoms. The Bertz CT molecular complexity index is 1080. The SMILES string of the molecule is Cc1ccc(OCCn2c(CCNC(=O)c3ccc[nH]3)nc3ccccc32)cc1. The van der Waals surface area contributed by atoms with Crippen LogP contribution in [0, 0.1) is 6.92 Å². The topological polar surface area (TPSA) is 71.9 Å². The Morgan fingerprint density at radius 2 is 1.93 bits per heavy atom. The summed E-state index contributed by atoms with van der Waals surface area (Å²) in [5.74, 6) is 1.69. The van der Waals surface area contributed by atoms with Crippen molar-refractivity contribution in [3.8, 4) is 5.75 Å². The number of carbonyl (C=O) groups excluding carboxylic acids is 1. The number of hydrogen-bond acceptors (Lipinski definition) is 3. The molecule has 0 atom stereocenters. The number of hydrogen-bond donors (Lipinski definition) is 2. The molecule has 0 aliphatic rings. The van der Waals surface area contributed by atoms with E-state index in [-0.39, 0.29) is 5.91 Å².